The van der Waals surface area contributed by atoms with Gasteiger partial charge in [-0.15, -0.1) is 5.92 Å². The third kappa shape index (κ3) is 3.03. The maximum atomic E-state index is 8.77. The Balaban J connectivity index is 2.30. The smallest absolute Gasteiger partial charge is 0.0950 e. The average molecular weight is 191 g/mol. The van der Waals surface area contributed by atoms with Gasteiger partial charge in [0.1, 0.15) is 0 Å². The van der Waals surface area contributed by atoms with Crippen molar-refractivity contribution in [2.75, 3.05) is 32.7 Å². The van der Waals surface area contributed by atoms with Gasteiger partial charge in [-0.1, -0.05) is 5.92 Å². The van der Waals surface area contributed by atoms with Gasteiger partial charge < -0.3 is 0 Å². The fourth-order valence-electron chi connectivity index (χ4n) is 1.58. The lowest BCUT2D eigenvalue weighted by Crippen LogP contribution is -2.49. The largest absolute Gasteiger partial charge is 0.290 e. The van der Waals surface area contributed by atoms with Crippen LogP contribution < -0.4 is 0 Å². The zero-order valence-corrected chi connectivity index (χ0v) is 8.95. The van der Waals surface area contributed by atoms with Crippen molar-refractivity contribution in [3.63, 3.8) is 0 Å². The highest BCUT2D eigenvalue weighted by Gasteiger charge is 2.19. The van der Waals surface area contributed by atoms with Crippen LogP contribution in [0.1, 0.15) is 13.8 Å². The summed E-state index contributed by atoms with van der Waals surface area (Å²) in [6.07, 6.45) is 0. The van der Waals surface area contributed by atoms with Gasteiger partial charge in [-0.2, -0.15) is 5.26 Å². The second-order valence-electron chi connectivity index (χ2n) is 3.54. The van der Waals surface area contributed by atoms with E-state index in [1.807, 2.05) is 13.8 Å². The first-order valence-corrected chi connectivity index (χ1v) is 5.03. The van der Waals surface area contributed by atoms with Gasteiger partial charge in [0, 0.05) is 26.2 Å². The van der Waals surface area contributed by atoms with Gasteiger partial charge in [0.2, 0.25) is 0 Å². The molecule has 1 fully saturated rings. The van der Waals surface area contributed by atoms with E-state index in [1.54, 1.807) is 0 Å². The predicted molar refractivity (Wildman–Crippen MR) is 56.5 cm³/mol. The molecule has 0 aromatic heterocycles. The van der Waals surface area contributed by atoms with Gasteiger partial charge >= 0.3 is 0 Å². The normalized spacial score (nSPS) is 20.6. The van der Waals surface area contributed by atoms with Gasteiger partial charge in [-0.25, -0.2) is 0 Å². The first kappa shape index (κ1) is 11.0. The summed E-state index contributed by atoms with van der Waals surface area (Å²) in [5.74, 6) is 5.97. The first-order valence-electron chi connectivity index (χ1n) is 5.03. The van der Waals surface area contributed by atoms with Crippen molar-refractivity contribution >= 4 is 0 Å². The Kier molecular flexibility index (Phi) is 4.46. The molecule has 76 valence electrons. The SMILES string of the molecule is CC#CCN1CCN(C(C)C#N)CC1. The molecule has 1 aliphatic heterocycles. The first-order chi connectivity index (χ1) is 6.77. The molecule has 1 atom stereocenters. The molecular weight excluding hydrogens is 174 g/mol. The number of nitriles is 1. The van der Waals surface area contributed by atoms with Crippen LogP contribution in [-0.2, 0) is 0 Å². The van der Waals surface area contributed by atoms with Crippen molar-refractivity contribution in [3.8, 4) is 17.9 Å². The molecule has 0 aromatic carbocycles. The van der Waals surface area contributed by atoms with E-state index >= 15 is 0 Å². The Morgan fingerprint density at radius 1 is 1.29 bits per heavy atom. The number of rotatable bonds is 2. The Morgan fingerprint density at radius 3 is 2.43 bits per heavy atom. The standard InChI is InChI=1S/C11H17N3/c1-3-4-5-13-6-8-14(9-7-13)11(2)10-12/h11H,5-9H2,1-2H3. The van der Waals surface area contributed by atoms with E-state index in [-0.39, 0.29) is 6.04 Å². The highest BCUT2D eigenvalue weighted by molar-refractivity contribution is 4.99. The average Bonchev–Trinajstić information content (AvgIpc) is 2.26. The molecular formula is C11H17N3. The summed E-state index contributed by atoms with van der Waals surface area (Å²) < 4.78 is 0. The molecule has 0 radical (unpaired) electrons. The van der Waals surface area contributed by atoms with Crippen molar-refractivity contribution in [1.82, 2.24) is 9.80 Å². The molecule has 0 spiro atoms. The van der Waals surface area contributed by atoms with Gasteiger partial charge in [0.05, 0.1) is 18.7 Å². The van der Waals surface area contributed by atoms with E-state index in [2.05, 4.69) is 27.7 Å². The lowest BCUT2D eigenvalue weighted by molar-refractivity contribution is 0.130. The van der Waals surface area contributed by atoms with E-state index in [1.165, 1.54) is 0 Å². The summed E-state index contributed by atoms with van der Waals surface area (Å²) in [7, 11) is 0. The van der Waals surface area contributed by atoms with Crippen LogP contribution in [0.25, 0.3) is 0 Å². The summed E-state index contributed by atoms with van der Waals surface area (Å²) in [6, 6.07) is 2.32. The molecule has 1 rings (SSSR count). The molecule has 14 heavy (non-hydrogen) atoms. The van der Waals surface area contributed by atoms with Crippen LogP contribution in [0.2, 0.25) is 0 Å². The molecule has 1 heterocycles. The minimum Gasteiger partial charge on any atom is -0.290 e. The molecule has 0 amide bonds. The molecule has 1 unspecified atom stereocenters. The highest BCUT2D eigenvalue weighted by Crippen LogP contribution is 2.04. The summed E-state index contributed by atoms with van der Waals surface area (Å²) >= 11 is 0. The van der Waals surface area contributed by atoms with Gasteiger partial charge in [0.15, 0.2) is 0 Å². The van der Waals surface area contributed by atoms with E-state index in [9.17, 15) is 0 Å². The van der Waals surface area contributed by atoms with Crippen molar-refractivity contribution in [2.24, 2.45) is 0 Å². The Hall–Kier alpha value is -1.03. The second-order valence-corrected chi connectivity index (χ2v) is 3.54. The quantitative estimate of drug-likeness (QED) is 0.597. The van der Waals surface area contributed by atoms with Crippen LogP contribution >= 0.6 is 0 Å². The predicted octanol–water partition coefficient (Wildman–Crippen LogP) is 0.539. The maximum absolute atomic E-state index is 8.77. The molecule has 3 heteroatoms. The molecule has 1 aliphatic rings. The van der Waals surface area contributed by atoms with E-state index in [4.69, 9.17) is 5.26 Å². The van der Waals surface area contributed by atoms with Crippen LogP contribution in [0, 0.1) is 23.2 Å². The van der Waals surface area contributed by atoms with Gasteiger partial charge in [-0.3, -0.25) is 9.80 Å². The molecule has 1 saturated heterocycles. The molecule has 3 nitrogen and oxygen atoms in total. The lowest BCUT2D eigenvalue weighted by Gasteiger charge is -2.34. The topological polar surface area (TPSA) is 30.3 Å². The third-order valence-electron chi connectivity index (χ3n) is 2.62. The van der Waals surface area contributed by atoms with Crippen molar-refractivity contribution in [2.45, 2.75) is 19.9 Å². The Bertz CT molecular complexity index is 260. The van der Waals surface area contributed by atoms with Crippen LogP contribution in [-0.4, -0.2) is 48.6 Å². The summed E-state index contributed by atoms with van der Waals surface area (Å²) in [5.41, 5.74) is 0. The van der Waals surface area contributed by atoms with E-state index in [0.29, 0.717) is 0 Å². The van der Waals surface area contributed by atoms with Crippen molar-refractivity contribution < 1.29 is 0 Å². The number of hydrogen-bond donors (Lipinski definition) is 0. The van der Waals surface area contributed by atoms with Gasteiger partial charge in [0.25, 0.3) is 0 Å². The Labute approximate surface area is 86.3 Å². The molecule has 0 N–H and O–H groups in total. The molecule has 0 bridgehead atoms. The molecule has 0 aliphatic carbocycles. The van der Waals surface area contributed by atoms with Crippen LogP contribution in [0.4, 0.5) is 0 Å². The van der Waals surface area contributed by atoms with E-state index < -0.39 is 0 Å². The number of nitrogens with zero attached hydrogens (tertiary/aromatic N) is 3. The lowest BCUT2D eigenvalue weighted by atomic mass is 10.2. The van der Waals surface area contributed by atoms with E-state index in [0.717, 1.165) is 32.7 Å². The molecule has 0 saturated carbocycles. The van der Waals surface area contributed by atoms with Gasteiger partial charge in [-0.05, 0) is 13.8 Å². The zero-order chi connectivity index (χ0) is 10.4. The summed E-state index contributed by atoms with van der Waals surface area (Å²) in [5, 5.41) is 8.77. The van der Waals surface area contributed by atoms with Crippen LogP contribution in [0.15, 0.2) is 0 Å². The number of hydrogen-bond acceptors (Lipinski definition) is 3. The minimum atomic E-state index is 0.0504. The monoisotopic (exact) mass is 191 g/mol. The van der Waals surface area contributed by atoms with Crippen molar-refractivity contribution in [3.05, 3.63) is 0 Å². The fourth-order valence-corrected chi connectivity index (χ4v) is 1.58. The molecule has 0 aromatic rings. The third-order valence-corrected chi connectivity index (χ3v) is 2.62. The van der Waals surface area contributed by atoms with Crippen molar-refractivity contribution in [1.29, 1.82) is 5.26 Å². The fraction of sp³-hybridized carbons (Fsp3) is 0.727. The summed E-state index contributed by atoms with van der Waals surface area (Å²) in [4.78, 5) is 4.55. The van der Waals surface area contributed by atoms with Crippen LogP contribution in [0.3, 0.4) is 0 Å². The minimum absolute atomic E-state index is 0.0504. The zero-order valence-electron chi connectivity index (χ0n) is 8.95. The van der Waals surface area contributed by atoms with Crippen LogP contribution in [0.5, 0.6) is 0 Å². The maximum Gasteiger partial charge on any atom is 0.0950 e. The summed E-state index contributed by atoms with van der Waals surface area (Å²) in [6.45, 7) is 8.72. The number of piperazine rings is 1. The Morgan fingerprint density at radius 2 is 1.93 bits per heavy atom. The second kappa shape index (κ2) is 5.65. The highest BCUT2D eigenvalue weighted by atomic mass is 15.3.